The van der Waals surface area contributed by atoms with Gasteiger partial charge in [0.2, 0.25) is 0 Å². The number of furan rings is 1. The number of piperidine rings is 1. The molecule has 0 saturated carbocycles. The molecule has 1 aromatic heterocycles. The molecule has 22 heavy (non-hydrogen) atoms. The molecule has 1 unspecified atom stereocenters. The third-order valence-electron chi connectivity index (χ3n) is 3.80. The van der Waals surface area contributed by atoms with E-state index >= 15 is 0 Å². The van der Waals surface area contributed by atoms with Crippen LogP contribution >= 0.6 is 24.0 Å². The van der Waals surface area contributed by atoms with Crippen LogP contribution in [0.3, 0.4) is 0 Å². The fourth-order valence-electron chi connectivity index (χ4n) is 2.67. The number of nitrogens with one attached hydrogen (secondary N) is 1. The summed E-state index contributed by atoms with van der Waals surface area (Å²) in [5, 5.41) is 3.52. The highest BCUT2D eigenvalue weighted by Crippen LogP contribution is 2.15. The molecular weight excluding hydrogens is 389 g/mol. The number of hydrogen-bond donors (Lipinski definition) is 1. The van der Waals surface area contributed by atoms with Crippen molar-refractivity contribution in [3.63, 3.8) is 0 Å². The van der Waals surface area contributed by atoms with E-state index in [-0.39, 0.29) is 24.0 Å². The first-order chi connectivity index (χ1) is 10.1. The van der Waals surface area contributed by atoms with Gasteiger partial charge in [-0.05, 0) is 36.8 Å². The zero-order chi connectivity index (χ0) is 15.1. The first-order valence-electron chi connectivity index (χ1n) is 8.20. The summed E-state index contributed by atoms with van der Waals surface area (Å²) in [6.45, 7) is 10.7. The van der Waals surface area contributed by atoms with E-state index in [9.17, 15) is 0 Å². The van der Waals surface area contributed by atoms with Gasteiger partial charge in [0.25, 0.3) is 0 Å². The van der Waals surface area contributed by atoms with E-state index in [4.69, 9.17) is 9.41 Å². The standard InChI is InChI=1S/C17H29N3O.HI/c1-14(2)12-19-17(20-10-4-6-15(3)13-20)18-9-8-16-7-5-11-21-16;/h5,7,11,14-15H,4,6,8-10,12-13H2,1-3H3,(H,18,19);1H. The molecule has 2 heterocycles. The highest BCUT2D eigenvalue weighted by molar-refractivity contribution is 14.0. The van der Waals surface area contributed by atoms with Crippen LogP contribution < -0.4 is 5.32 Å². The van der Waals surface area contributed by atoms with Crippen molar-refractivity contribution in [3.8, 4) is 0 Å². The van der Waals surface area contributed by atoms with Crippen molar-refractivity contribution in [2.45, 2.75) is 40.0 Å². The smallest absolute Gasteiger partial charge is 0.193 e. The number of nitrogens with zero attached hydrogens (tertiary/aromatic N) is 2. The lowest BCUT2D eigenvalue weighted by atomic mass is 10.0. The molecule has 0 aliphatic carbocycles. The van der Waals surface area contributed by atoms with Crippen LogP contribution in [-0.2, 0) is 6.42 Å². The molecule has 4 nitrogen and oxygen atoms in total. The highest BCUT2D eigenvalue weighted by Gasteiger charge is 2.19. The second kappa shape index (κ2) is 10.1. The maximum Gasteiger partial charge on any atom is 0.193 e. The first-order valence-corrected chi connectivity index (χ1v) is 8.20. The van der Waals surface area contributed by atoms with Crippen LogP contribution in [0.1, 0.15) is 39.4 Å². The topological polar surface area (TPSA) is 40.8 Å². The Kier molecular flexibility index (Phi) is 8.90. The van der Waals surface area contributed by atoms with Crippen molar-refractivity contribution in [3.05, 3.63) is 24.2 Å². The molecule has 1 N–H and O–H groups in total. The normalized spacial score (nSPS) is 19.2. The van der Waals surface area contributed by atoms with Crippen molar-refractivity contribution in [1.29, 1.82) is 0 Å². The van der Waals surface area contributed by atoms with Gasteiger partial charge in [0.15, 0.2) is 5.96 Å². The largest absolute Gasteiger partial charge is 0.469 e. The predicted octanol–water partition coefficient (Wildman–Crippen LogP) is 3.77. The van der Waals surface area contributed by atoms with Gasteiger partial charge in [0.05, 0.1) is 6.26 Å². The van der Waals surface area contributed by atoms with E-state index in [1.165, 1.54) is 12.8 Å². The number of likely N-dealkylation sites (tertiary alicyclic amines) is 1. The quantitative estimate of drug-likeness (QED) is 0.449. The number of guanidine groups is 1. The second-order valence-corrected chi connectivity index (χ2v) is 6.51. The summed E-state index contributed by atoms with van der Waals surface area (Å²) in [5.74, 6) is 3.45. The van der Waals surface area contributed by atoms with E-state index in [2.05, 4.69) is 31.0 Å². The Hall–Kier alpha value is -0.720. The second-order valence-electron chi connectivity index (χ2n) is 6.51. The molecule has 0 bridgehead atoms. The van der Waals surface area contributed by atoms with Gasteiger partial charge in [-0.3, -0.25) is 4.99 Å². The van der Waals surface area contributed by atoms with Gasteiger partial charge in [-0.2, -0.15) is 0 Å². The molecule has 126 valence electrons. The van der Waals surface area contributed by atoms with E-state index in [1.54, 1.807) is 6.26 Å². The van der Waals surface area contributed by atoms with E-state index in [0.29, 0.717) is 5.92 Å². The van der Waals surface area contributed by atoms with E-state index in [0.717, 1.165) is 50.2 Å². The zero-order valence-electron chi connectivity index (χ0n) is 14.0. The molecule has 0 amide bonds. The molecule has 1 aromatic rings. The number of aliphatic imine (C=N–C) groups is 1. The van der Waals surface area contributed by atoms with Crippen molar-refractivity contribution in [1.82, 2.24) is 10.2 Å². The summed E-state index contributed by atoms with van der Waals surface area (Å²) in [7, 11) is 0. The highest BCUT2D eigenvalue weighted by atomic mass is 127. The van der Waals surface area contributed by atoms with E-state index < -0.39 is 0 Å². The minimum absolute atomic E-state index is 0. The summed E-state index contributed by atoms with van der Waals surface area (Å²) >= 11 is 0. The molecule has 1 fully saturated rings. The number of hydrogen-bond acceptors (Lipinski definition) is 2. The monoisotopic (exact) mass is 419 g/mol. The third-order valence-corrected chi connectivity index (χ3v) is 3.80. The van der Waals surface area contributed by atoms with Crippen LogP contribution in [0.15, 0.2) is 27.8 Å². The SMILES string of the molecule is CC(C)CN=C(NCCc1ccco1)N1CCCC(C)C1.I. The van der Waals surface area contributed by atoms with Gasteiger partial charge < -0.3 is 14.6 Å². The number of rotatable bonds is 5. The summed E-state index contributed by atoms with van der Waals surface area (Å²) in [4.78, 5) is 7.22. The van der Waals surface area contributed by atoms with Crippen molar-refractivity contribution >= 4 is 29.9 Å². The fraction of sp³-hybridized carbons (Fsp3) is 0.706. The van der Waals surface area contributed by atoms with Crippen molar-refractivity contribution in [2.24, 2.45) is 16.8 Å². The number of halogens is 1. The molecule has 1 atom stereocenters. The molecule has 0 aromatic carbocycles. The molecule has 1 aliphatic heterocycles. The lowest BCUT2D eigenvalue weighted by Crippen LogP contribution is -2.47. The minimum Gasteiger partial charge on any atom is -0.469 e. The third kappa shape index (κ3) is 6.58. The maximum absolute atomic E-state index is 5.38. The Morgan fingerprint density at radius 2 is 2.32 bits per heavy atom. The predicted molar refractivity (Wildman–Crippen MR) is 103 cm³/mol. The van der Waals surface area contributed by atoms with Gasteiger partial charge in [-0.1, -0.05) is 20.8 Å². The zero-order valence-corrected chi connectivity index (χ0v) is 16.4. The van der Waals surface area contributed by atoms with Crippen LogP contribution in [0.4, 0.5) is 0 Å². The summed E-state index contributed by atoms with van der Waals surface area (Å²) in [5.41, 5.74) is 0. The minimum atomic E-state index is 0. The maximum atomic E-state index is 5.38. The molecule has 1 saturated heterocycles. The van der Waals surface area contributed by atoms with Gasteiger partial charge in [0.1, 0.15) is 5.76 Å². The lowest BCUT2D eigenvalue weighted by molar-refractivity contribution is 0.265. The van der Waals surface area contributed by atoms with Crippen molar-refractivity contribution in [2.75, 3.05) is 26.2 Å². The average molecular weight is 419 g/mol. The average Bonchev–Trinajstić information content (AvgIpc) is 2.95. The van der Waals surface area contributed by atoms with Gasteiger partial charge in [0, 0.05) is 32.6 Å². The van der Waals surface area contributed by atoms with Crippen LogP contribution in [0, 0.1) is 11.8 Å². The van der Waals surface area contributed by atoms with Gasteiger partial charge >= 0.3 is 0 Å². The summed E-state index contributed by atoms with van der Waals surface area (Å²) in [6.07, 6.45) is 5.23. The van der Waals surface area contributed by atoms with Crippen LogP contribution in [0.25, 0.3) is 0 Å². The Bertz CT molecular complexity index is 431. The summed E-state index contributed by atoms with van der Waals surface area (Å²) in [6, 6.07) is 3.96. The molecule has 0 radical (unpaired) electrons. The Labute approximate surface area is 151 Å². The van der Waals surface area contributed by atoms with Gasteiger partial charge in [-0.15, -0.1) is 24.0 Å². The Morgan fingerprint density at radius 1 is 1.50 bits per heavy atom. The first kappa shape index (κ1) is 19.3. The lowest BCUT2D eigenvalue weighted by Gasteiger charge is -2.33. The van der Waals surface area contributed by atoms with Crippen LogP contribution in [-0.4, -0.2) is 37.0 Å². The van der Waals surface area contributed by atoms with E-state index in [1.807, 2.05) is 12.1 Å². The Morgan fingerprint density at radius 3 is 2.95 bits per heavy atom. The molecule has 1 aliphatic rings. The van der Waals surface area contributed by atoms with Gasteiger partial charge in [-0.25, -0.2) is 0 Å². The fourth-order valence-corrected chi connectivity index (χ4v) is 2.67. The molecule has 0 spiro atoms. The molecular formula is C17H30IN3O. The molecule has 2 rings (SSSR count). The van der Waals surface area contributed by atoms with Crippen LogP contribution in [0.2, 0.25) is 0 Å². The molecule has 5 heteroatoms. The summed E-state index contributed by atoms with van der Waals surface area (Å²) < 4.78 is 5.38. The van der Waals surface area contributed by atoms with Crippen molar-refractivity contribution < 1.29 is 4.42 Å². The van der Waals surface area contributed by atoms with Crippen LogP contribution in [0.5, 0.6) is 0 Å². The Balaban J connectivity index is 0.00000242.